The second-order valence-corrected chi connectivity index (χ2v) is 4.87. The predicted molar refractivity (Wildman–Crippen MR) is 60.6 cm³/mol. The van der Waals surface area contributed by atoms with Crippen LogP contribution in [0.5, 0.6) is 0 Å². The Bertz CT molecular complexity index is 275. The molecule has 1 amide bonds. The molecule has 3 heteroatoms. The van der Waals surface area contributed by atoms with E-state index in [0.717, 1.165) is 19.5 Å². The molecule has 2 unspecified atom stereocenters. The Hall–Kier alpha value is -0.830. The standard InChI is InChI=1S/C12H20N2O/c1-4-12(15)14-8-10-5-6-11(14)7-13(10)9(2)3/h4,9-11H,1,5-8H2,2-3H3. The van der Waals surface area contributed by atoms with Gasteiger partial charge in [-0.25, -0.2) is 0 Å². The summed E-state index contributed by atoms with van der Waals surface area (Å²) in [6.07, 6.45) is 3.84. The Morgan fingerprint density at radius 1 is 1.33 bits per heavy atom. The first-order valence-electron chi connectivity index (χ1n) is 5.82. The Balaban J connectivity index is 2.08. The van der Waals surface area contributed by atoms with Gasteiger partial charge in [0.25, 0.3) is 0 Å². The summed E-state index contributed by atoms with van der Waals surface area (Å²) in [4.78, 5) is 16.2. The molecule has 84 valence electrons. The van der Waals surface area contributed by atoms with E-state index in [2.05, 4.69) is 25.3 Å². The van der Waals surface area contributed by atoms with E-state index in [4.69, 9.17) is 0 Å². The minimum atomic E-state index is 0.105. The van der Waals surface area contributed by atoms with Crippen LogP contribution in [0, 0.1) is 0 Å². The number of rotatable bonds is 2. The van der Waals surface area contributed by atoms with Gasteiger partial charge in [-0.3, -0.25) is 9.69 Å². The van der Waals surface area contributed by atoms with Crippen molar-refractivity contribution in [2.24, 2.45) is 0 Å². The average Bonchev–Trinajstić information content (AvgIpc) is 2.28. The molecule has 0 aromatic carbocycles. The van der Waals surface area contributed by atoms with Crippen molar-refractivity contribution in [3.63, 3.8) is 0 Å². The van der Waals surface area contributed by atoms with E-state index in [1.807, 2.05) is 4.90 Å². The predicted octanol–water partition coefficient (Wildman–Crippen LogP) is 1.26. The summed E-state index contributed by atoms with van der Waals surface area (Å²) in [7, 11) is 0. The fraction of sp³-hybridized carbons (Fsp3) is 0.750. The van der Waals surface area contributed by atoms with E-state index in [1.165, 1.54) is 12.5 Å². The molecule has 3 rings (SSSR count). The summed E-state index contributed by atoms with van der Waals surface area (Å²) in [6, 6.07) is 1.58. The SMILES string of the molecule is C=CC(=O)N1CC2CCC1CN2C(C)C. The summed E-state index contributed by atoms with van der Waals surface area (Å²) in [5.41, 5.74) is 0. The Morgan fingerprint density at radius 3 is 2.47 bits per heavy atom. The monoisotopic (exact) mass is 208 g/mol. The maximum absolute atomic E-state index is 11.6. The van der Waals surface area contributed by atoms with Crippen molar-refractivity contribution in [3.05, 3.63) is 12.7 Å². The molecule has 0 saturated carbocycles. The lowest BCUT2D eigenvalue weighted by Gasteiger charge is -2.52. The van der Waals surface area contributed by atoms with Crippen molar-refractivity contribution >= 4 is 5.91 Å². The third kappa shape index (κ3) is 1.81. The van der Waals surface area contributed by atoms with Crippen LogP contribution in [-0.4, -0.2) is 46.9 Å². The third-order valence-electron chi connectivity index (χ3n) is 3.69. The zero-order valence-electron chi connectivity index (χ0n) is 9.65. The van der Waals surface area contributed by atoms with Crippen LogP contribution >= 0.6 is 0 Å². The van der Waals surface area contributed by atoms with Crippen LogP contribution in [0.3, 0.4) is 0 Å². The van der Waals surface area contributed by atoms with Crippen molar-refractivity contribution in [1.82, 2.24) is 9.80 Å². The summed E-state index contributed by atoms with van der Waals surface area (Å²) in [5, 5.41) is 0. The molecule has 0 aromatic heterocycles. The molecule has 0 N–H and O–H groups in total. The first-order valence-corrected chi connectivity index (χ1v) is 5.82. The van der Waals surface area contributed by atoms with Crippen LogP contribution < -0.4 is 0 Å². The molecule has 3 aliphatic rings. The zero-order chi connectivity index (χ0) is 11.0. The number of carbonyl (C=O) groups is 1. The van der Waals surface area contributed by atoms with Crippen molar-refractivity contribution in [1.29, 1.82) is 0 Å². The van der Waals surface area contributed by atoms with Crippen LogP contribution in [-0.2, 0) is 4.79 Å². The van der Waals surface area contributed by atoms with Crippen molar-refractivity contribution in [2.45, 2.75) is 44.8 Å². The van der Waals surface area contributed by atoms with Crippen molar-refractivity contribution < 1.29 is 4.79 Å². The van der Waals surface area contributed by atoms with Crippen molar-refractivity contribution in [3.8, 4) is 0 Å². The minimum absolute atomic E-state index is 0.105. The quantitative estimate of drug-likeness (QED) is 0.638. The highest BCUT2D eigenvalue weighted by molar-refractivity contribution is 5.87. The lowest BCUT2D eigenvalue weighted by molar-refractivity contribution is -0.137. The van der Waals surface area contributed by atoms with Crippen LogP contribution in [0.2, 0.25) is 0 Å². The van der Waals surface area contributed by atoms with Crippen LogP contribution in [0.25, 0.3) is 0 Å². The Labute approximate surface area is 91.7 Å². The molecule has 15 heavy (non-hydrogen) atoms. The van der Waals surface area contributed by atoms with E-state index in [9.17, 15) is 4.79 Å². The molecule has 0 spiro atoms. The maximum atomic E-state index is 11.6. The first-order chi connectivity index (χ1) is 7.13. The van der Waals surface area contributed by atoms with Gasteiger partial charge >= 0.3 is 0 Å². The second-order valence-electron chi connectivity index (χ2n) is 4.87. The maximum Gasteiger partial charge on any atom is 0.246 e. The van der Waals surface area contributed by atoms with Gasteiger partial charge in [0, 0.05) is 31.2 Å². The number of piperazine rings is 1. The molecular formula is C12H20N2O. The number of amides is 1. The van der Waals surface area contributed by atoms with Gasteiger partial charge in [-0.1, -0.05) is 6.58 Å². The average molecular weight is 208 g/mol. The van der Waals surface area contributed by atoms with E-state index in [0.29, 0.717) is 18.1 Å². The van der Waals surface area contributed by atoms with Crippen LogP contribution in [0.4, 0.5) is 0 Å². The lowest BCUT2D eigenvalue weighted by atomic mass is 9.89. The summed E-state index contributed by atoms with van der Waals surface area (Å²) in [6.45, 7) is 9.98. The molecule has 0 radical (unpaired) electrons. The number of hydrogen-bond donors (Lipinski definition) is 0. The van der Waals surface area contributed by atoms with E-state index in [-0.39, 0.29) is 5.91 Å². The number of carbonyl (C=O) groups excluding carboxylic acids is 1. The summed E-state index contributed by atoms with van der Waals surface area (Å²) in [5.74, 6) is 0.105. The number of piperidine rings is 2. The molecule has 3 fully saturated rings. The molecule has 2 bridgehead atoms. The highest BCUT2D eigenvalue weighted by Gasteiger charge is 2.40. The fourth-order valence-corrected chi connectivity index (χ4v) is 2.88. The number of hydrogen-bond acceptors (Lipinski definition) is 2. The molecule has 0 aliphatic carbocycles. The van der Waals surface area contributed by atoms with E-state index < -0.39 is 0 Å². The molecule has 3 heterocycles. The lowest BCUT2D eigenvalue weighted by Crippen LogP contribution is -2.64. The number of nitrogens with zero attached hydrogens (tertiary/aromatic N) is 2. The topological polar surface area (TPSA) is 23.6 Å². The molecule has 0 aromatic rings. The highest BCUT2D eigenvalue weighted by atomic mass is 16.2. The van der Waals surface area contributed by atoms with E-state index in [1.54, 1.807) is 0 Å². The van der Waals surface area contributed by atoms with Gasteiger partial charge in [-0.15, -0.1) is 0 Å². The fourth-order valence-electron chi connectivity index (χ4n) is 2.88. The van der Waals surface area contributed by atoms with Crippen LogP contribution in [0.1, 0.15) is 26.7 Å². The van der Waals surface area contributed by atoms with Gasteiger partial charge in [0.2, 0.25) is 5.91 Å². The summed E-state index contributed by atoms with van der Waals surface area (Å²) < 4.78 is 0. The second kappa shape index (κ2) is 3.97. The number of fused-ring (bicyclic) bond motifs is 3. The zero-order valence-corrected chi connectivity index (χ0v) is 9.65. The molecule has 3 saturated heterocycles. The Kier molecular flexibility index (Phi) is 2.83. The highest BCUT2D eigenvalue weighted by Crippen LogP contribution is 2.30. The minimum Gasteiger partial charge on any atom is -0.333 e. The van der Waals surface area contributed by atoms with Crippen molar-refractivity contribution in [2.75, 3.05) is 13.1 Å². The largest absolute Gasteiger partial charge is 0.333 e. The Morgan fingerprint density at radius 2 is 2.00 bits per heavy atom. The molecule has 3 aliphatic heterocycles. The third-order valence-corrected chi connectivity index (χ3v) is 3.69. The van der Waals surface area contributed by atoms with Crippen LogP contribution in [0.15, 0.2) is 12.7 Å². The van der Waals surface area contributed by atoms with E-state index >= 15 is 0 Å². The van der Waals surface area contributed by atoms with Gasteiger partial charge < -0.3 is 4.90 Å². The molecule has 3 nitrogen and oxygen atoms in total. The smallest absolute Gasteiger partial charge is 0.246 e. The normalized spacial score (nSPS) is 31.0. The van der Waals surface area contributed by atoms with Gasteiger partial charge in [0.05, 0.1) is 0 Å². The molecule has 2 atom stereocenters. The first kappa shape index (κ1) is 10.7. The molecular weight excluding hydrogens is 188 g/mol. The van der Waals surface area contributed by atoms with Gasteiger partial charge in [-0.05, 0) is 32.8 Å². The summed E-state index contributed by atoms with van der Waals surface area (Å²) >= 11 is 0. The van der Waals surface area contributed by atoms with Gasteiger partial charge in [0.15, 0.2) is 0 Å². The van der Waals surface area contributed by atoms with Gasteiger partial charge in [-0.2, -0.15) is 0 Å². The van der Waals surface area contributed by atoms with Gasteiger partial charge in [0.1, 0.15) is 0 Å².